The first-order valence-electron chi connectivity index (χ1n) is 7.00. The molecule has 0 aliphatic rings. The molecule has 0 spiro atoms. The molecule has 17 heavy (non-hydrogen) atoms. The fourth-order valence-electron chi connectivity index (χ4n) is 2.24. The SMILES string of the molecule is CCCCCCC(C)NC(C)Cc1ccco1. The smallest absolute Gasteiger partial charge is 0.105 e. The maximum atomic E-state index is 5.36. The Kier molecular flexibility index (Phi) is 7.02. The Labute approximate surface area is 106 Å². The quantitative estimate of drug-likeness (QED) is 0.652. The van der Waals surface area contributed by atoms with E-state index in [4.69, 9.17) is 4.42 Å². The third-order valence-electron chi connectivity index (χ3n) is 3.15. The van der Waals surface area contributed by atoms with Gasteiger partial charge in [0.05, 0.1) is 6.26 Å². The summed E-state index contributed by atoms with van der Waals surface area (Å²) in [6.07, 6.45) is 9.40. The van der Waals surface area contributed by atoms with Gasteiger partial charge in [-0.25, -0.2) is 0 Å². The molecule has 0 bridgehead atoms. The molecule has 0 saturated heterocycles. The topological polar surface area (TPSA) is 25.2 Å². The molecule has 0 amide bonds. The van der Waals surface area contributed by atoms with Crippen molar-refractivity contribution in [2.75, 3.05) is 0 Å². The van der Waals surface area contributed by atoms with Crippen molar-refractivity contribution in [1.82, 2.24) is 5.32 Å². The molecule has 1 heterocycles. The van der Waals surface area contributed by atoms with Gasteiger partial charge in [-0.2, -0.15) is 0 Å². The van der Waals surface area contributed by atoms with Crippen LogP contribution in [-0.2, 0) is 6.42 Å². The van der Waals surface area contributed by atoms with Crippen molar-refractivity contribution in [3.05, 3.63) is 24.2 Å². The monoisotopic (exact) mass is 237 g/mol. The second-order valence-corrected chi connectivity index (χ2v) is 5.10. The van der Waals surface area contributed by atoms with E-state index in [-0.39, 0.29) is 0 Å². The standard InChI is InChI=1S/C15H27NO/c1-4-5-6-7-9-13(2)16-14(3)12-15-10-8-11-17-15/h8,10-11,13-14,16H,4-7,9,12H2,1-3H3. The van der Waals surface area contributed by atoms with Gasteiger partial charge in [-0.1, -0.05) is 32.6 Å². The highest BCUT2D eigenvalue weighted by atomic mass is 16.3. The molecule has 2 heteroatoms. The van der Waals surface area contributed by atoms with Crippen LogP contribution >= 0.6 is 0 Å². The molecule has 1 aromatic heterocycles. The number of unbranched alkanes of at least 4 members (excludes halogenated alkanes) is 3. The van der Waals surface area contributed by atoms with Crippen LogP contribution in [0.4, 0.5) is 0 Å². The average Bonchev–Trinajstić information content (AvgIpc) is 2.77. The minimum Gasteiger partial charge on any atom is -0.469 e. The van der Waals surface area contributed by atoms with Crippen molar-refractivity contribution < 1.29 is 4.42 Å². The minimum atomic E-state index is 0.488. The van der Waals surface area contributed by atoms with Crippen LogP contribution < -0.4 is 5.32 Å². The Hall–Kier alpha value is -0.760. The molecule has 2 nitrogen and oxygen atoms in total. The van der Waals surface area contributed by atoms with Gasteiger partial charge in [0.1, 0.15) is 5.76 Å². The summed E-state index contributed by atoms with van der Waals surface area (Å²) in [5.74, 6) is 1.07. The third-order valence-corrected chi connectivity index (χ3v) is 3.15. The Morgan fingerprint density at radius 2 is 2.00 bits per heavy atom. The first kappa shape index (κ1) is 14.3. The van der Waals surface area contributed by atoms with Crippen LogP contribution in [0.3, 0.4) is 0 Å². The highest BCUT2D eigenvalue weighted by Gasteiger charge is 2.09. The fourth-order valence-corrected chi connectivity index (χ4v) is 2.24. The molecular formula is C15H27NO. The summed E-state index contributed by atoms with van der Waals surface area (Å²) < 4.78 is 5.36. The van der Waals surface area contributed by atoms with Gasteiger partial charge >= 0.3 is 0 Å². The lowest BCUT2D eigenvalue weighted by molar-refractivity contribution is 0.403. The van der Waals surface area contributed by atoms with Gasteiger partial charge in [0.15, 0.2) is 0 Å². The van der Waals surface area contributed by atoms with E-state index < -0.39 is 0 Å². The van der Waals surface area contributed by atoms with Crippen LogP contribution in [0.15, 0.2) is 22.8 Å². The predicted octanol–water partition coefficient (Wildman–Crippen LogP) is 4.16. The van der Waals surface area contributed by atoms with E-state index in [9.17, 15) is 0 Å². The van der Waals surface area contributed by atoms with Gasteiger partial charge in [-0.3, -0.25) is 0 Å². The zero-order valence-corrected chi connectivity index (χ0v) is 11.5. The Balaban J connectivity index is 2.10. The summed E-state index contributed by atoms with van der Waals surface area (Å²) in [5, 5.41) is 3.64. The summed E-state index contributed by atoms with van der Waals surface area (Å²) in [4.78, 5) is 0. The van der Waals surface area contributed by atoms with E-state index in [1.165, 1.54) is 32.1 Å². The first-order valence-corrected chi connectivity index (χ1v) is 7.00. The second kappa shape index (κ2) is 8.35. The summed E-state index contributed by atoms with van der Waals surface area (Å²) in [6.45, 7) is 6.77. The van der Waals surface area contributed by atoms with E-state index >= 15 is 0 Å². The van der Waals surface area contributed by atoms with E-state index in [2.05, 4.69) is 26.1 Å². The van der Waals surface area contributed by atoms with E-state index in [1.807, 2.05) is 12.1 Å². The number of nitrogens with one attached hydrogen (secondary N) is 1. The molecule has 0 saturated carbocycles. The van der Waals surface area contributed by atoms with Crippen LogP contribution in [-0.4, -0.2) is 12.1 Å². The van der Waals surface area contributed by atoms with Crippen LogP contribution in [0, 0.1) is 0 Å². The summed E-state index contributed by atoms with van der Waals surface area (Å²) in [5.41, 5.74) is 0. The van der Waals surface area contributed by atoms with Crippen molar-refractivity contribution in [2.45, 2.75) is 71.4 Å². The zero-order chi connectivity index (χ0) is 12.5. The molecule has 0 aliphatic heterocycles. The third kappa shape index (κ3) is 6.52. The normalized spacial score (nSPS) is 14.8. The van der Waals surface area contributed by atoms with Crippen molar-refractivity contribution in [1.29, 1.82) is 0 Å². The van der Waals surface area contributed by atoms with E-state index in [0.717, 1.165) is 12.2 Å². The number of rotatable bonds is 9. The number of furan rings is 1. The van der Waals surface area contributed by atoms with Crippen LogP contribution in [0.2, 0.25) is 0 Å². The molecule has 0 fully saturated rings. The molecule has 1 aromatic rings. The zero-order valence-electron chi connectivity index (χ0n) is 11.5. The fraction of sp³-hybridized carbons (Fsp3) is 0.733. The van der Waals surface area contributed by atoms with Crippen molar-refractivity contribution >= 4 is 0 Å². The van der Waals surface area contributed by atoms with Gasteiger partial charge in [-0.15, -0.1) is 0 Å². The lowest BCUT2D eigenvalue weighted by atomic mass is 10.1. The summed E-state index contributed by atoms with van der Waals surface area (Å²) in [6, 6.07) is 5.10. The highest BCUT2D eigenvalue weighted by molar-refractivity contribution is 5.00. The van der Waals surface area contributed by atoms with Gasteiger partial charge in [0, 0.05) is 18.5 Å². The van der Waals surface area contributed by atoms with Gasteiger partial charge in [0.25, 0.3) is 0 Å². The molecule has 0 aliphatic carbocycles. The largest absolute Gasteiger partial charge is 0.469 e. The molecule has 0 radical (unpaired) electrons. The first-order chi connectivity index (χ1) is 8.22. The maximum absolute atomic E-state index is 5.36. The lowest BCUT2D eigenvalue weighted by Gasteiger charge is -2.19. The second-order valence-electron chi connectivity index (χ2n) is 5.10. The Morgan fingerprint density at radius 1 is 1.18 bits per heavy atom. The molecule has 2 atom stereocenters. The Bertz CT molecular complexity index is 268. The number of hydrogen-bond acceptors (Lipinski definition) is 2. The lowest BCUT2D eigenvalue weighted by Crippen LogP contribution is -2.35. The van der Waals surface area contributed by atoms with E-state index in [1.54, 1.807) is 6.26 Å². The van der Waals surface area contributed by atoms with Gasteiger partial charge in [-0.05, 0) is 32.4 Å². The number of hydrogen-bond donors (Lipinski definition) is 1. The average molecular weight is 237 g/mol. The maximum Gasteiger partial charge on any atom is 0.105 e. The van der Waals surface area contributed by atoms with Crippen molar-refractivity contribution in [3.8, 4) is 0 Å². The van der Waals surface area contributed by atoms with Gasteiger partial charge < -0.3 is 9.73 Å². The van der Waals surface area contributed by atoms with Crippen molar-refractivity contribution in [2.24, 2.45) is 0 Å². The molecular weight excluding hydrogens is 210 g/mol. The van der Waals surface area contributed by atoms with Crippen LogP contribution in [0.1, 0.15) is 58.6 Å². The molecule has 1 rings (SSSR count). The minimum absolute atomic E-state index is 0.488. The van der Waals surface area contributed by atoms with E-state index in [0.29, 0.717) is 12.1 Å². The molecule has 2 unspecified atom stereocenters. The highest BCUT2D eigenvalue weighted by Crippen LogP contribution is 2.08. The molecule has 98 valence electrons. The summed E-state index contributed by atoms with van der Waals surface area (Å²) >= 11 is 0. The predicted molar refractivity (Wildman–Crippen MR) is 73.2 cm³/mol. The van der Waals surface area contributed by atoms with Crippen LogP contribution in [0.5, 0.6) is 0 Å². The Morgan fingerprint density at radius 3 is 2.65 bits per heavy atom. The van der Waals surface area contributed by atoms with Crippen molar-refractivity contribution in [3.63, 3.8) is 0 Å². The summed E-state index contributed by atoms with van der Waals surface area (Å²) in [7, 11) is 0. The molecule has 1 N–H and O–H groups in total. The molecule has 0 aromatic carbocycles. The van der Waals surface area contributed by atoms with Gasteiger partial charge in [0.2, 0.25) is 0 Å². The van der Waals surface area contributed by atoms with Crippen LogP contribution in [0.25, 0.3) is 0 Å².